The summed E-state index contributed by atoms with van der Waals surface area (Å²) in [4.78, 5) is 11.6. The summed E-state index contributed by atoms with van der Waals surface area (Å²) in [6.45, 7) is 0.424. The largest absolute Gasteiger partial charge is 0.495 e. The molecule has 1 aliphatic heterocycles. The molecule has 1 aromatic rings. The molecule has 0 saturated carbocycles. The molecule has 0 spiro atoms. The summed E-state index contributed by atoms with van der Waals surface area (Å²) in [6, 6.07) is 4.41. The van der Waals surface area contributed by atoms with Gasteiger partial charge < -0.3 is 4.74 Å². The lowest BCUT2D eigenvalue weighted by atomic mass is 9.99. The molecule has 0 unspecified atom stereocenters. The van der Waals surface area contributed by atoms with Gasteiger partial charge in [-0.2, -0.15) is 4.31 Å². The Morgan fingerprint density at radius 2 is 2.23 bits per heavy atom. The number of nitrogens with two attached hydrogens (primary N) is 1. The Hall–Kier alpha value is -1.35. The van der Waals surface area contributed by atoms with Crippen LogP contribution in [0.15, 0.2) is 23.1 Å². The van der Waals surface area contributed by atoms with Crippen molar-refractivity contribution in [2.45, 2.75) is 17.7 Å². The van der Waals surface area contributed by atoms with E-state index in [-0.39, 0.29) is 23.1 Å². The molecule has 2 rings (SSSR count). The van der Waals surface area contributed by atoms with Crippen molar-refractivity contribution in [3.8, 4) is 5.75 Å². The average Bonchev–Trinajstić information content (AvgIpc) is 2.54. The summed E-state index contributed by atoms with van der Waals surface area (Å²) in [5, 5.41) is 0.299. The third-order valence-electron chi connectivity index (χ3n) is 3.64. The fraction of sp³-hybridized carbons (Fsp3) is 0.462. The van der Waals surface area contributed by atoms with Crippen molar-refractivity contribution in [2.24, 2.45) is 11.8 Å². The van der Waals surface area contributed by atoms with Crippen LogP contribution in [0.25, 0.3) is 0 Å². The van der Waals surface area contributed by atoms with Gasteiger partial charge in [-0.05, 0) is 31.0 Å². The summed E-state index contributed by atoms with van der Waals surface area (Å²) in [7, 11) is -2.41. The number of hydrogen-bond acceptors (Lipinski definition) is 5. The first-order valence-electron chi connectivity index (χ1n) is 6.74. The van der Waals surface area contributed by atoms with E-state index in [0.717, 1.165) is 0 Å². The second-order valence-corrected chi connectivity index (χ2v) is 7.35. The zero-order chi connectivity index (χ0) is 16.3. The second-order valence-electron chi connectivity index (χ2n) is 5.01. The number of carbonyl (C=O) groups is 1. The van der Waals surface area contributed by atoms with E-state index in [4.69, 9.17) is 22.2 Å². The number of ether oxygens (including phenoxy) is 1. The van der Waals surface area contributed by atoms with Crippen LogP contribution in [-0.4, -0.2) is 38.8 Å². The minimum absolute atomic E-state index is 0.00342. The van der Waals surface area contributed by atoms with Gasteiger partial charge in [0.05, 0.1) is 13.0 Å². The number of amides is 1. The van der Waals surface area contributed by atoms with Gasteiger partial charge in [0.2, 0.25) is 15.9 Å². The van der Waals surface area contributed by atoms with E-state index >= 15 is 0 Å². The van der Waals surface area contributed by atoms with Gasteiger partial charge in [0, 0.05) is 18.1 Å². The number of benzene rings is 1. The average molecular weight is 348 g/mol. The first-order chi connectivity index (χ1) is 10.4. The minimum Gasteiger partial charge on any atom is -0.495 e. The molecule has 7 nitrogen and oxygen atoms in total. The lowest BCUT2D eigenvalue weighted by molar-refractivity contribution is -0.126. The number of rotatable bonds is 4. The minimum atomic E-state index is -3.80. The molecule has 1 aromatic carbocycles. The zero-order valence-corrected chi connectivity index (χ0v) is 13.7. The lowest BCUT2D eigenvalue weighted by Gasteiger charge is -2.31. The van der Waals surface area contributed by atoms with E-state index in [1.807, 2.05) is 0 Å². The molecule has 122 valence electrons. The van der Waals surface area contributed by atoms with E-state index in [0.29, 0.717) is 24.4 Å². The molecule has 3 N–H and O–H groups in total. The quantitative estimate of drug-likeness (QED) is 0.475. The molecular formula is C13H18ClN3O4S. The van der Waals surface area contributed by atoms with Crippen molar-refractivity contribution < 1.29 is 17.9 Å². The van der Waals surface area contributed by atoms with Crippen LogP contribution < -0.4 is 16.0 Å². The zero-order valence-electron chi connectivity index (χ0n) is 12.1. The van der Waals surface area contributed by atoms with Gasteiger partial charge in [0.25, 0.3) is 0 Å². The molecule has 0 radical (unpaired) electrons. The highest BCUT2D eigenvalue weighted by atomic mass is 35.5. The van der Waals surface area contributed by atoms with E-state index in [1.54, 1.807) is 6.07 Å². The summed E-state index contributed by atoms with van der Waals surface area (Å²) >= 11 is 5.90. The predicted molar refractivity (Wildman–Crippen MR) is 81.8 cm³/mol. The van der Waals surface area contributed by atoms with Crippen LogP contribution in [0.2, 0.25) is 5.02 Å². The number of piperidine rings is 1. The van der Waals surface area contributed by atoms with E-state index < -0.39 is 15.9 Å². The first kappa shape index (κ1) is 17.0. The monoisotopic (exact) mass is 347 g/mol. The van der Waals surface area contributed by atoms with Crippen molar-refractivity contribution in [1.29, 1.82) is 0 Å². The molecule has 1 fully saturated rings. The maximum Gasteiger partial charge on any atom is 0.246 e. The molecular weight excluding hydrogens is 330 g/mol. The number of hydrogen-bond donors (Lipinski definition) is 2. The topological polar surface area (TPSA) is 102 Å². The van der Waals surface area contributed by atoms with Gasteiger partial charge in [0.1, 0.15) is 10.6 Å². The first-order valence-corrected chi connectivity index (χ1v) is 8.56. The summed E-state index contributed by atoms with van der Waals surface area (Å²) in [6.07, 6.45) is 1.18. The molecule has 0 aromatic heterocycles. The number of carbonyl (C=O) groups excluding carboxylic acids is 1. The maximum atomic E-state index is 12.8. The fourth-order valence-electron chi connectivity index (χ4n) is 2.48. The van der Waals surface area contributed by atoms with Crippen LogP contribution in [-0.2, 0) is 14.8 Å². The van der Waals surface area contributed by atoms with Crippen molar-refractivity contribution in [2.75, 3.05) is 20.2 Å². The highest BCUT2D eigenvalue weighted by Crippen LogP contribution is 2.31. The van der Waals surface area contributed by atoms with Gasteiger partial charge in [-0.3, -0.25) is 10.2 Å². The maximum absolute atomic E-state index is 12.8. The van der Waals surface area contributed by atoms with Gasteiger partial charge >= 0.3 is 0 Å². The van der Waals surface area contributed by atoms with Crippen LogP contribution in [0.5, 0.6) is 5.75 Å². The molecule has 1 heterocycles. The molecule has 1 saturated heterocycles. The van der Waals surface area contributed by atoms with Gasteiger partial charge in [0.15, 0.2) is 0 Å². The number of sulfonamides is 1. The number of hydrazine groups is 1. The molecule has 1 atom stereocenters. The predicted octanol–water partition coefficient (Wildman–Crippen LogP) is 0.739. The van der Waals surface area contributed by atoms with Crippen LogP contribution in [0.1, 0.15) is 12.8 Å². The summed E-state index contributed by atoms with van der Waals surface area (Å²) in [5.74, 6) is 4.52. The Morgan fingerprint density at radius 1 is 1.50 bits per heavy atom. The molecule has 22 heavy (non-hydrogen) atoms. The van der Waals surface area contributed by atoms with Crippen LogP contribution in [0.3, 0.4) is 0 Å². The molecule has 1 amide bonds. The number of halogens is 1. The van der Waals surface area contributed by atoms with Gasteiger partial charge in [-0.15, -0.1) is 0 Å². The van der Waals surface area contributed by atoms with Gasteiger partial charge in [-0.25, -0.2) is 14.3 Å². The summed E-state index contributed by atoms with van der Waals surface area (Å²) < 4.78 is 32.0. The van der Waals surface area contributed by atoms with Crippen LogP contribution >= 0.6 is 11.6 Å². The van der Waals surface area contributed by atoms with E-state index in [2.05, 4.69) is 5.43 Å². The standard InChI is InChI=1S/C13H18ClN3O4S/c1-21-11-5-4-10(14)7-12(11)22(19,20)17-6-2-3-9(8-17)13(18)16-15/h4-5,7,9H,2-3,6,8,15H2,1H3,(H,16,18)/t9-/m0/s1. The third kappa shape index (κ3) is 3.35. The van der Waals surface area contributed by atoms with Crippen molar-refractivity contribution in [3.63, 3.8) is 0 Å². The van der Waals surface area contributed by atoms with Gasteiger partial charge in [-0.1, -0.05) is 11.6 Å². The van der Waals surface area contributed by atoms with Crippen molar-refractivity contribution in [1.82, 2.24) is 9.73 Å². The SMILES string of the molecule is COc1ccc(Cl)cc1S(=O)(=O)N1CCC[C@H](C(=O)NN)C1. The Kier molecular flexibility index (Phi) is 5.28. The summed E-state index contributed by atoms with van der Waals surface area (Å²) in [5.41, 5.74) is 2.07. The molecule has 0 aliphatic carbocycles. The lowest BCUT2D eigenvalue weighted by Crippen LogP contribution is -2.46. The van der Waals surface area contributed by atoms with Crippen LogP contribution in [0.4, 0.5) is 0 Å². The van der Waals surface area contributed by atoms with Crippen molar-refractivity contribution in [3.05, 3.63) is 23.2 Å². The highest BCUT2D eigenvalue weighted by Gasteiger charge is 2.34. The number of nitrogens with one attached hydrogen (secondary N) is 1. The Balaban J connectivity index is 2.34. The van der Waals surface area contributed by atoms with Crippen LogP contribution in [0, 0.1) is 5.92 Å². The smallest absolute Gasteiger partial charge is 0.246 e. The Morgan fingerprint density at radius 3 is 2.86 bits per heavy atom. The Labute approximate surface area is 134 Å². The molecule has 1 aliphatic rings. The third-order valence-corrected chi connectivity index (χ3v) is 5.76. The fourth-order valence-corrected chi connectivity index (χ4v) is 4.43. The highest BCUT2D eigenvalue weighted by molar-refractivity contribution is 7.89. The second kappa shape index (κ2) is 6.82. The molecule has 0 bridgehead atoms. The molecule has 9 heteroatoms. The number of nitrogens with zero attached hydrogens (tertiary/aromatic N) is 1. The van der Waals surface area contributed by atoms with E-state index in [1.165, 1.54) is 23.5 Å². The Bertz CT molecular complexity index is 665. The van der Waals surface area contributed by atoms with Crippen molar-refractivity contribution >= 4 is 27.5 Å². The number of methoxy groups -OCH3 is 1. The normalized spacial score (nSPS) is 19.7. The van der Waals surface area contributed by atoms with E-state index in [9.17, 15) is 13.2 Å².